The van der Waals surface area contributed by atoms with Gasteiger partial charge in [-0.05, 0) is 25.8 Å². The van der Waals surface area contributed by atoms with Gasteiger partial charge < -0.3 is 0 Å². The Bertz CT molecular complexity index is 475. The van der Waals surface area contributed by atoms with E-state index in [-0.39, 0.29) is 6.04 Å². The Morgan fingerprint density at radius 3 is 2.24 bits per heavy atom. The predicted molar refractivity (Wildman–Crippen MR) is 87.1 cm³/mol. The van der Waals surface area contributed by atoms with Crippen LogP contribution in [0.2, 0.25) is 0 Å². The van der Waals surface area contributed by atoms with Crippen LogP contribution >= 0.6 is 0 Å². The monoisotopic (exact) mass is 285 g/mol. The Morgan fingerprint density at radius 1 is 1.10 bits per heavy atom. The van der Waals surface area contributed by atoms with E-state index in [0.29, 0.717) is 0 Å². The third kappa shape index (κ3) is 4.56. The zero-order chi connectivity index (χ0) is 15.2. The number of nitriles is 1. The fourth-order valence-electron chi connectivity index (χ4n) is 3.25. The molecule has 0 bridgehead atoms. The number of aryl methyl sites for hydroxylation is 2. The Balaban J connectivity index is 1.88. The lowest BCUT2D eigenvalue weighted by Crippen LogP contribution is -2.49. The molecule has 1 saturated heterocycles. The fraction of sp³-hybridized carbons (Fsp3) is 0.611. The highest BCUT2D eigenvalue weighted by molar-refractivity contribution is 5.28. The summed E-state index contributed by atoms with van der Waals surface area (Å²) in [6.45, 7) is 11.7. The second kappa shape index (κ2) is 7.59. The Labute approximate surface area is 129 Å². The standard InChI is InChI=1S/C18H27N3/c1-4-5-18(13-19)21-8-6-20(7-9-21)14-17-11-15(2)10-16(3)12-17/h10-12,18H,4-9,14H2,1-3H3. The van der Waals surface area contributed by atoms with Crippen molar-refractivity contribution in [3.63, 3.8) is 0 Å². The van der Waals surface area contributed by atoms with Crippen molar-refractivity contribution in [2.24, 2.45) is 0 Å². The van der Waals surface area contributed by atoms with Crippen LogP contribution in [0.4, 0.5) is 0 Å². The molecular formula is C18H27N3. The van der Waals surface area contributed by atoms with Crippen molar-refractivity contribution in [3.05, 3.63) is 34.9 Å². The maximum absolute atomic E-state index is 9.27. The van der Waals surface area contributed by atoms with Crippen LogP contribution in [0.3, 0.4) is 0 Å². The molecular weight excluding hydrogens is 258 g/mol. The van der Waals surface area contributed by atoms with Crippen molar-refractivity contribution in [1.29, 1.82) is 5.26 Å². The van der Waals surface area contributed by atoms with E-state index < -0.39 is 0 Å². The van der Waals surface area contributed by atoms with Gasteiger partial charge in [-0.3, -0.25) is 9.80 Å². The predicted octanol–water partition coefficient (Wildman–Crippen LogP) is 3.11. The van der Waals surface area contributed by atoms with Gasteiger partial charge in [0.2, 0.25) is 0 Å². The molecule has 2 rings (SSSR count). The lowest BCUT2D eigenvalue weighted by atomic mass is 10.1. The molecule has 0 aliphatic carbocycles. The SMILES string of the molecule is CCCC(C#N)N1CCN(Cc2cc(C)cc(C)c2)CC1. The van der Waals surface area contributed by atoms with Crippen LogP contribution < -0.4 is 0 Å². The first-order valence-electron chi connectivity index (χ1n) is 8.05. The van der Waals surface area contributed by atoms with Gasteiger partial charge in [-0.1, -0.05) is 42.7 Å². The molecule has 3 nitrogen and oxygen atoms in total. The average molecular weight is 285 g/mol. The summed E-state index contributed by atoms with van der Waals surface area (Å²) in [6.07, 6.45) is 2.08. The second-order valence-electron chi connectivity index (χ2n) is 6.24. The fourth-order valence-corrected chi connectivity index (χ4v) is 3.25. The van der Waals surface area contributed by atoms with E-state index in [2.05, 4.69) is 54.8 Å². The number of nitrogens with zero attached hydrogens (tertiary/aromatic N) is 3. The Kier molecular flexibility index (Phi) is 5.78. The van der Waals surface area contributed by atoms with Crippen molar-refractivity contribution < 1.29 is 0 Å². The van der Waals surface area contributed by atoms with Crippen LogP contribution in [0.15, 0.2) is 18.2 Å². The average Bonchev–Trinajstić information content (AvgIpc) is 2.45. The molecule has 0 amide bonds. The van der Waals surface area contributed by atoms with Crippen molar-refractivity contribution in [1.82, 2.24) is 9.80 Å². The summed E-state index contributed by atoms with van der Waals surface area (Å²) in [6, 6.07) is 9.37. The minimum Gasteiger partial charge on any atom is -0.297 e. The molecule has 1 fully saturated rings. The van der Waals surface area contributed by atoms with E-state index in [4.69, 9.17) is 0 Å². The van der Waals surface area contributed by atoms with Gasteiger partial charge in [-0.25, -0.2) is 0 Å². The molecule has 0 spiro atoms. The first-order chi connectivity index (χ1) is 10.1. The number of hydrogen-bond donors (Lipinski definition) is 0. The normalized spacial score (nSPS) is 18.4. The van der Waals surface area contributed by atoms with E-state index in [1.54, 1.807) is 0 Å². The highest BCUT2D eigenvalue weighted by Gasteiger charge is 2.23. The van der Waals surface area contributed by atoms with E-state index in [0.717, 1.165) is 45.6 Å². The Morgan fingerprint density at radius 2 is 1.71 bits per heavy atom. The van der Waals surface area contributed by atoms with E-state index in [1.165, 1.54) is 16.7 Å². The maximum Gasteiger partial charge on any atom is 0.0978 e. The quantitative estimate of drug-likeness (QED) is 0.832. The molecule has 1 atom stereocenters. The lowest BCUT2D eigenvalue weighted by Gasteiger charge is -2.37. The summed E-state index contributed by atoms with van der Waals surface area (Å²) < 4.78 is 0. The van der Waals surface area contributed by atoms with Gasteiger partial charge in [0.05, 0.1) is 12.1 Å². The molecule has 1 unspecified atom stereocenters. The molecule has 0 N–H and O–H groups in total. The first-order valence-corrected chi connectivity index (χ1v) is 8.05. The third-order valence-electron chi connectivity index (χ3n) is 4.25. The lowest BCUT2D eigenvalue weighted by molar-refractivity contribution is 0.106. The van der Waals surface area contributed by atoms with Crippen molar-refractivity contribution in [2.75, 3.05) is 26.2 Å². The molecule has 0 radical (unpaired) electrons. The zero-order valence-corrected chi connectivity index (χ0v) is 13.6. The van der Waals surface area contributed by atoms with Gasteiger partial charge in [-0.15, -0.1) is 0 Å². The van der Waals surface area contributed by atoms with Crippen LogP contribution in [0, 0.1) is 25.2 Å². The van der Waals surface area contributed by atoms with Crippen LogP contribution in [0.25, 0.3) is 0 Å². The summed E-state index contributed by atoms with van der Waals surface area (Å²) in [5, 5.41) is 9.27. The number of benzene rings is 1. The van der Waals surface area contributed by atoms with Crippen molar-refractivity contribution in [3.8, 4) is 6.07 Å². The molecule has 1 aromatic rings. The van der Waals surface area contributed by atoms with Crippen LogP contribution in [-0.4, -0.2) is 42.0 Å². The molecule has 1 heterocycles. The summed E-state index contributed by atoms with van der Waals surface area (Å²) in [5.41, 5.74) is 4.10. The first kappa shape index (κ1) is 16.0. The topological polar surface area (TPSA) is 30.3 Å². The largest absolute Gasteiger partial charge is 0.297 e. The molecule has 1 aromatic carbocycles. The highest BCUT2D eigenvalue weighted by Crippen LogP contribution is 2.15. The summed E-state index contributed by atoms with van der Waals surface area (Å²) in [5.74, 6) is 0. The van der Waals surface area contributed by atoms with Gasteiger partial charge >= 0.3 is 0 Å². The molecule has 0 aromatic heterocycles. The van der Waals surface area contributed by atoms with Crippen LogP contribution in [-0.2, 0) is 6.54 Å². The van der Waals surface area contributed by atoms with Crippen molar-refractivity contribution >= 4 is 0 Å². The molecule has 21 heavy (non-hydrogen) atoms. The smallest absolute Gasteiger partial charge is 0.0978 e. The van der Waals surface area contributed by atoms with Gasteiger partial charge in [0, 0.05) is 32.7 Å². The third-order valence-corrected chi connectivity index (χ3v) is 4.25. The molecule has 114 valence electrons. The maximum atomic E-state index is 9.27. The molecule has 3 heteroatoms. The van der Waals surface area contributed by atoms with Gasteiger partial charge in [-0.2, -0.15) is 5.26 Å². The zero-order valence-electron chi connectivity index (χ0n) is 13.6. The molecule has 0 saturated carbocycles. The second-order valence-corrected chi connectivity index (χ2v) is 6.24. The van der Waals surface area contributed by atoms with Gasteiger partial charge in [0.15, 0.2) is 0 Å². The van der Waals surface area contributed by atoms with E-state index in [9.17, 15) is 5.26 Å². The van der Waals surface area contributed by atoms with Crippen molar-refractivity contribution in [2.45, 2.75) is 46.2 Å². The minimum absolute atomic E-state index is 0.110. The van der Waals surface area contributed by atoms with Gasteiger partial charge in [0.25, 0.3) is 0 Å². The van der Waals surface area contributed by atoms with Crippen LogP contribution in [0.1, 0.15) is 36.5 Å². The van der Waals surface area contributed by atoms with E-state index in [1.807, 2.05) is 0 Å². The number of piperazine rings is 1. The van der Waals surface area contributed by atoms with Crippen LogP contribution in [0.5, 0.6) is 0 Å². The summed E-state index contributed by atoms with van der Waals surface area (Å²) in [7, 11) is 0. The minimum atomic E-state index is 0.110. The summed E-state index contributed by atoms with van der Waals surface area (Å²) in [4.78, 5) is 4.85. The molecule has 1 aliphatic heterocycles. The number of hydrogen-bond acceptors (Lipinski definition) is 3. The van der Waals surface area contributed by atoms with E-state index >= 15 is 0 Å². The molecule has 1 aliphatic rings. The number of rotatable bonds is 5. The van der Waals surface area contributed by atoms with Gasteiger partial charge in [0.1, 0.15) is 0 Å². The highest BCUT2D eigenvalue weighted by atomic mass is 15.3. The summed E-state index contributed by atoms with van der Waals surface area (Å²) >= 11 is 0. The Hall–Kier alpha value is -1.37.